The van der Waals surface area contributed by atoms with Crippen LogP contribution in [-0.4, -0.2) is 38.0 Å². The lowest BCUT2D eigenvalue weighted by Gasteiger charge is -2.18. The van der Waals surface area contributed by atoms with Crippen molar-refractivity contribution in [2.75, 3.05) is 20.8 Å². The fourth-order valence-corrected chi connectivity index (χ4v) is 2.25. The maximum absolute atomic E-state index is 10.1. The average molecular weight is 291 g/mol. The van der Waals surface area contributed by atoms with Crippen LogP contribution in [0.15, 0.2) is 30.3 Å². The minimum Gasteiger partial charge on any atom is -0.387 e. The van der Waals surface area contributed by atoms with E-state index < -0.39 is 6.10 Å². The molecule has 1 aromatic carbocycles. The minimum absolute atomic E-state index is 0.0837. The number of nitrogens with one attached hydrogen (secondary N) is 1. The van der Waals surface area contributed by atoms with Gasteiger partial charge in [-0.05, 0) is 31.0 Å². The first-order chi connectivity index (χ1) is 10.2. The highest BCUT2D eigenvalue weighted by atomic mass is 16.5. The fourth-order valence-electron chi connectivity index (χ4n) is 2.25. The highest BCUT2D eigenvalue weighted by Crippen LogP contribution is 2.11. The Morgan fingerprint density at radius 2 is 1.95 bits per heavy atom. The van der Waals surface area contributed by atoms with Crippen LogP contribution >= 0.6 is 0 Å². The number of aliphatic hydroxyl groups is 1. The second kappa shape index (κ2) is 10.6. The Morgan fingerprint density at radius 3 is 2.52 bits per heavy atom. The maximum Gasteiger partial charge on any atom is 0.0899 e. The molecule has 0 bridgehead atoms. The quantitative estimate of drug-likeness (QED) is 0.651. The third-order valence-electron chi connectivity index (χ3n) is 3.66. The molecule has 0 radical (unpaired) electrons. The number of likely N-dealkylation sites (N-methyl/N-ethyl adjacent to an activating group) is 1. The normalized spacial score (nSPS) is 14.5. The molecule has 0 unspecified atom stereocenters. The zero-order chi connectivity index (χ0) is 15.5. The van der Waals surface area contributed by atoms with Gasteiger partial charge in [-0.15, -0.1) is 0 Å². The standard InChI is InChI=1S/C18H29NO2/c1-4-5-6-7-15-8-10-16(11-9-15)12-13-18(20)17(19-2)14-21-3/h8-13,17-20H,4-7,14H2,1-3H3/b13-12+/t17-,18+/m1/s1. The lowest BCUT2D eigenvalue weighted by atomic mass is 10.0. The molecule has 0 aliphatic rings. The summed E-state index contributed by atoms with van der Waals surface area (Å²) >= 11 is 0. The molecule has 1 rings (SSSR count). The van der Waals surface area contributed by atoms with Crippen molar-refractivity contribution in [3.8, 4) is 0 Å². The predicted octanol–water partition coefficient (Wildman–Crippen LogP) is 3.03. The first-order valence-corrected chi connectivity index (χ1v) is 7.82. The van der Waals surface area contributed by atoms with Gasteiger partial charge in [0, 0.05) is 7.11 Å². The molecule has 0 saturated carbocycles. The number of methoxy groups -OCH3 is 1. The van der Waals surface area contributed by atoms with Gasteiger partial charge in [0.1, 0.15) is 0 Å². The summed E-state index contributed by atoms with van der Waals surface area (Å²) in [6, 6.07) is 8.48. The van der Waals surface area contributed by atoms with E-state index in [0.29, 0.717) is 6.61 Å². The van der Waals surface area contributed by atoms with Crippen LogP contribution in [0.5, 0.6) is 0 Å². The third-order valence-corrected chi connectivity index (χ3v) is 3.66. The largest absolute Gasteiger partial charge is 0.387 e. The van der Waals surface area contributed by atoms with E-state index in [9.17, 15) is 5.11 Å². The van der Waals surface area contributed by atoms with Gasteiger partial charge >= 0.3 is 0 Å². The molecular weight excluding hydrogens is 262 g/mol. The molecule has 0 aliphatic carbocycles. The van der Waals surface area contributed by atoms with Crippen LogP contribution in [0.1, 0.15) is 37.3 Å². The number of hydrogen-bond donors (Lipinski definition) is 2. The third kappa shape index (κ3) is 6.89. The Morgan fingerprint density at radius 1 is 1.24 bits per heavy atom. The summed E-state index contributed by atoms with van der Waals surface area (Å²) in [5.41, 5.74) is 2.49. The lowest BCUT2D eigenvalue weighted by molar-refractivity contribution is 0.0999. The summed E-state index contributed by atoms with van der Waals surface area (Å²) in [5, 5.41) is 13.1. The summed E-state index contributed by atoms with van der Waals surface area (Å²) in [5.74, 6) is 0. The van der Waals surface area contributed by atoms with E-state index in [2.05, 4.69) is 36.5 Å². The maximum atomic E-state index is 10.1. The number of rotatable bonds is 10. The summed E-state index contributed by atoms with van der Waals surface area (Å²) in [7, 11) is 3.46. The van der Waals surface area contributed by atoms with Crippen LogP contribution in [0, 0.1) is 0 Å². The van der Waals surface area contributed by atoms with Gasteiger partial charge in [-0.3, -0.25) is 0 Å². The van der Waals surface area contributed by atoms with E-state index in [1.807, 2.05) is 19.2 Å². The van der Waals surface area contributed by atoms with Crippen molar-refractivity contribution in [1.82, 2.24) is 5.32 Å². The summed E-state index contributed by atoms with van der Waals surface area (Å²) < 4.78 is 5.07. The van der Waals surface area contributed by atoms with Gasteiger partial charge in [-0.2, -0.15) is 0 Å². The fraction of sp³-hybridized carbons (Fsp3) is 0.556. The van der Waals surface area contributed by atoms with Crippen molar-refractivity contribution in [3.63, 3.8) is 0 Å². The van der Waals surface area contributed by atoms with Crippen molar-refractivity contribution < 1.29 is 9.84 Å². The second-order valence-electron chi connectivity index (χ2n) is 5.40. The second-order valence-corrected chi connectivity index (χ2v) is 5.40. The number of ether oxygens (including phenoxy) is 1. The van der Waals surface area contributed by atoms with E-state index in [0.717, 1.165) is 12.0 Å². The highest BCUT2D eigenvalue weighted by molar-refractivity contribution is 5.50. The Labute approximate surface area is 129 Å². The van der Waals surface area contributed by atoms with Gasteiger partial charge < -0.3 is 15.2 Å². The van der Waals surface area contributed by atoms with Gasteiger partial charge in [-0.1, -0.05) is 56.2 Å². The van der Waals surface area contributed by atoms with Crippen LogP contribution in [0.2, 0.25) is 0 Å². The van der Waals surface area contributed by atoms with Crippen molar-refractivity contribution in [1.29, 1.82) is 0 Å². The molecule has 3 nitrogen and oxygen atoms in total. The summed E-state index contributed by atoms with van der Waals surface area (Å²) in [4.78, 5) is 0. The van der Waals surface area contributed by atoms with Gasteiger partial charge in [0.15, 0.2) is 0 Å². The van der Waals surface area contributed by atoms with Gasteiger partial charge in [0.05, 0.1) is 18.8 Å². The van der Waals surface area contributed by atoms with Crippen molar-refractivity contribution in [2.24, 2.45) is 0 Å². The molecule has 2 N–H and O–H groups in total. The molecule has 2 atom stereocenters. The molecule has 1 aromatic rings. The van der Waals surface area contributed by atoms with Crippen LogP contribution in [0.4, 0.5) is 0 Å². The van der Waals surface area contributed by atoms with E-state index in [-0.39, 0.29) is 6.04 Å². The van der Waals surface area contributed by atoms with Crippen molar-refractivity contribution >= 4 is 6.08 Å². The van der Waals surface area contributed by atoms with E-state index in [1.54, 1.807) is 7.11 Å². The molecule has 0 heterocycles. The van der Waals surface area contributed by atoms with E-state index in [4.69, 9.17) is 4.74 Å². The first kappa shape index (κ1) is 17.9. The highest BCUT2D eigenvalue weighted by Gasteiger charge is 2.13. The number of unbranched alkanes of at least 4 members (excludes halogenated alkanes) is 2. The van der Waals surface area contributed by atoms with Crippen LogP contribution < -0.4 is 5.32 Å². The van der Waals surface area contributed by atoms with Crippen LogP contribution in [-0.2, 0) is 11.2 Å². The van der Waals surface area contributed by atoms with E-state index in [1.165, 1.54) is 24.8 Å². The molecule has 118 valence electrons. The number of benzene rings is 1. The van der Waals surface area contributed by atoms with Gasteiger partial charge in [-0.25, -0.2) is 0 Å². The molecule has 21 heavy (non-hydrogen) atoms. The number of aryl methyl sites for hydroxylation is 1. The molecule has 0 amide bonds. The van der Waals surface area contributed by atoms with E-state index >= 15 is 0 Å². The molecular formula is C18H29NO2. The van der Waals surface area contributed by atoms with Gasteiger partial charge in [0.2, 0.25) is 0 Å². The minimum atomic E-state index is -0.556. The Hall–Kier alpha value is -1.16. The monoisotopic (exact) mass is 291 g/mol. The van der Waals surface area contributed by atoms with Crippen molar-refractivity contribution in [3.05, 3.63) is 41.5 Å². The molecule has 0 fully saturated rings. The predicted molar refractivity (Wildman–Crippen MR) is 89.4 cm³/mol. The summed E-state index contributed by atoms with van der Waals surface area (Å²) in [6.07, 6.45) is 8.17. The van der Waals surface area contributed by atoms with Crippen LogP contribution in [0.3, 0.4) is 0 Å². The zero-order valence-electron chi connectivity index (χ0n) is 13.5. The smallest absolute Gasteiger partial charge is 0.0899 e. The van der Waals surface area contributed by atoms with Crippen molar-refractivity contribution in [2.45, 2.75) is 44.8 Å². The Balaban J connectivity index is 2.52. The van der Waals surface area contributed by atoms with Gasteiger partial charge in [0.25, 0.3) is 0 Å². The number of aliphatic hydroxyl groups excluding tert-OH is 1. The lowest BCUT2D eigenvalue weighted by Crippen LogP contribution is -2.40. The topological polar surface area (TPSA) is 41.5 Å². The summed E-state index contributed by atoms with van der Waals surface area (Å²) in [6.45, 7) is 2.71. The average Bonchev–Trinajstić information content (AvgIpc) is 2.51. The molecule has 0 saturated heterocycles. The Bertz CT molecular complexity index is 400. The Kier molecular flexibility index (Phi) is 8.99. The first-order valence-electron chi connectivity index (χ1n) is 7.82. The zero-order valence-corrected chi connectivity index (χ0v) is 13.5. The molecule has 0 spiro atoms. The molecule has 3 heteroatoms. The van der Waals surface area contributed by atoms with Crippen LogP contribution in [0.25, 0.3) is 6.08 Å². The number of hydrogen-bond acceptors (Lipinski definition) is 3. The molecule has 0 aromatic heterocycles. The SMILES string of the molecule is CCCCCc1ccc(/C=C/[C@H](O)[C@@H](COC)NC)cc1. The molecule has 0 aliphatic heterocycles.